The van der Waals surface area contributed by atoms with Crippen molar-refractivity contribution in [3.05, 3.63) is 0 Å². The van der Waals surface area contributed by atoms with Crippen molar-refractivity contribution in [2.75, 3.05) is 33.2 Å². The number of hydrogen-bond donors (Lipinski definition) is 2. The van der Waals surface area contributed by atoms with Crippen LogP contribution in [0.4, 0.5) is 0 Å². The van der Waals surface area contributed by atoms with Crippen molar-refractivity contribution in [2.45, 2.75) is 64.8 Å². The molecule has 1 saturated heterocycles. The van der Waals surface area contributed by atoms with Crippen LogP contribution >= 0.6 is 24.0 Å². The van der Waals surface area contributed by atoms with Gasteiger partial charge in [0.2, 0.25) is 0 Å². The van der Waals surface area contributed by atoms with E-state index in [2.05, 4.69) is 41.3 Å². The van der Waals surface area contributed by atoms with Gasteiger partial charge in [0.25, 0.3) is 0 Å². The topological polar surface area (TPSA) is 39.7 Å². The number of likely N-dealkylation sites (tertiary alicyclic amines) is 1. The quantitative estimate of drug-likeness (QED) is 0.293. The van der Waals surface area contributed by atoms with E-state index in [4.69, 9.17) is 0 Å². The molecule has 0 radical (unpaired) electrons. The summed E-state index contributed by atoms with van der Waals surface area (Å²) in [5.41, 5.74) is 0.196. The van der Waals surface area contributed by atoms with E-state index in [1.54, 1.807) is 0 Å². The van der Waals surface area contributed by atoms with Crippen molar-refractivity contribution < 1.29 is 0 Å². The van der Waals surface area contributed by atoms with Crippen molar-refractivity contribution in [2.24, 2.45) is 4.99 Å². The molecular weight excluding hydrogens is 375 g/mol. The van der Waals surface area contributed by atoms with Gasteiger partial charge < -0.3 is 10.6 Å². The monoisotopic (exact) mass is 410 g/mol. The van der Waals surface area contributed by atoms with Gasteiger partial charge in [0, 0.05) is 25.7 Å². The Morgan fingerprint density at radius 2 is 1.76 bits per heavy atom. The highest BCUT2D eigenvalue weighted by atomic mass is 127. The van der Waals surface area contributed by atoms with E-state index in [1.807, 2.05) is 7.05 Å². The standard InChI is InChI=1S/C16H34N4.HI/c1-5-6-8-11-18-15(17-4)19-14-16(2,3)20-12-9-7-10-13-20;/h5-14H2,1-4H3,(H2,17,18,19);1H. The molecule has 0 atom stereocenters. The highest BCUT2D eigenvalue weighted by Gasteiger charge is 2.27. The Hall–Kier alpha value is -0.0400. The fourth-order valence-electron chi connectivity index (χ4n) is 2.71. The maximum Gasteiger partial charge on any atom is 0.191 e. The van der Waals surface area contributed by atoms with E-state index in [1.165, 1.54) is 51.6 Å². The molecule has 4 nitrogen and oxygen atoms in total. The Bertz CT molecular complexity index is 286. The van der Waals surface area contributed by atoms with Crippen LogP contribution in [0.3, 0.4) is 0 Å². The summed E-state index contributed by atoms with van der Waals surface area (Å²) >= 11 is 0. The predicted octanol–water partition coefficient (Wildman–Crippen LogP) is 3.22. The number of nitrogens with one attached hydrogen (secondary N) is 2. The minimum atomic E-state index is 0. The van der Waals surface area contributed by atoms with Crippen LogP contribution in [-0.4, -0.2) is 49.6 Å². The molecule has 0 saturated carbocycles. The Balaban J connectivity index is 0.00000400. The van der Waals surface area contributed by atoms with Crippen LogP contribution in [0.15, 0.2) is 4.99 Å². The number of rotatable bonds is 7. The van der Waals surface area contributed by atoms with Crippen molar-refractivity contribution >= 4 is 29.9 Å². The SMILES string of the molecule is CCCCCNC(=NC)NCC(C)(C)N1CCCCC1.I. The van der Waals surface area contributed by atoms with Crippen LogP contribution in [0.2, 0.25) is 0 Å². The van der Waals surface area contributed by atoms with Gasteiger partial charge in [0.05, 0.1) is 0 Å². The third-order valence-electron chi connectivity index (χ3n) is 4.20. The summed E-state index contributed by atoms with van der Waals surface area (Å²) in [4.78, 5) is 6.91. The van der Waals surface area contributed by atoms with Gasteiger partial charge in [-0.2, -0.15) is 0 Å². The van der Waals surface area contributed by atoms with E-state index in [0.717, 1.165) is 19.0 Å². The third-order valence-corrected chi connectivity index (χ3v) is 4.20. The lowest BCUT2D eigenvalue weighted by Gasteiger charge is -2.41. The number of piperidine rings is 1. The van der Waals surface area contributed by atoms with E-state index < -0.39 is 0 Å². The molecule has 5 heteroatoms. The fraction of sp³-hybridized carbons (Fsp3) is 0.938. The third kappa shape index (κ3) is 8.24. The number of unbranched alkanes of at least 4 members (excludes halogenated alkanes) is 2. The maximum atomic E-state index is 4.31. The predicted molar refractivity (Wildman–Crippen MR) is 104 cm³/mol. The lowest BCUT2D eigenvalue weighted by molar-refractivity contribution is 0.0982. The average molecular weight is 410 g/mol. The second-order valence-electron chi connectivity index (χ2n) is 6.42. The molecule has 0 bridgehead atoms. The summed E-state index contributed by atoms with van der Waals surface area (Å²) in [7, 11) is 1.85. The van der Waals surface area contributed by atoms with Gasteiger partial charge in [-0.25, -0.2) is 0 Å². The lowest BCUT2D eigenvalue weighted by Crippen LogP contribution is -2.54. The average Bonchev–Trinajstić information content (AvgIpc) is 2.47. The summed E-state index contributed by atoms with van der Waals surface area (Å²) in [5.74, 6) is 0.936. The minimum Gasteiger partial charge on any atom is -0.356 e. The number of nitrogens with zero attached hydrogens (tertiary/aromatic N) is 2. The van der Waals surface area contributed by atoms with E-state index >= 15 is 0 Å². The maximum absolute atomic E-state index is 4.31. The molecule has 1 rings (SSSR count). The molecule has 21 heavy (non-hydrogen) atoms. The zero-order valence-corrected chi connectivity index (χ0v) is 16.7. The second-order valence-corrected chi connectivity index (χ2v) is 6.42. The van der Waals surface area contributed by atoms with Crippen molar-refractivity contribution in [1.82, 2.24) is 15.5 Å². The van der Waals surface area contributed by atoms with Crippen LogP contribution < -0.4 is 10.6 Å². The minimum absolute atomic E-state index is 0. The molecule has 1 aliphatic rings. The summed E-state index contributed by atoms with van der Waals surface area (Å²) in [6.07, 6.45) is 7.83. The molecule has 0 spiro atoms. The summed E-state index contributed by atoms with van der Waals surface area (Å²) < 4.78 is 0. The summed E-state index contributed by atoms with van der Waals surface area (Å²) in [6.45, 7) is 11.3. The van der Waals surface area contributed by atoms with Crippen molar-refractivity contribution in [3.8, 4) is 0 Å². The molecule has 1 fully saturated rings. The first-order valence-electron chi connectivity index (χ1n) is 8.29. The van der Waals surface area contributed by atoms with Crippen LogP contribution in [0, 0.1) is 0 Å². The first-order chi connectivity index (χ1) is 9.60. The molecule has 126 valence electrons. The van der Waals surface area contributed by atoms with Crippen molar-refractivity contribution in [3.63, 3.8) is 0 Å². The van der Waals surface area contributed by atoms with Gasteiger partial charge in [-0.3, -0.25) is 9.89 Å². The molecule has 1 heterocycles. The van der Waals surface area contributed by atoms with Crippen LogP contribution in [0.25, 0.3) is 0 Å². The Kier molecular flexibility index (Phi) is 11.5. The van der Waals surface area contributed by atoms with Gasteiger partial charge in [0.15, 0.2) is 5.96 Å². The molecule has 1 aliphatic heterocycles. The Morgan fingerprint density at radius 1 is 1.10 bits per heavy atom. The molecule has 2 N–H and O–H groups in total. The van der Waals surface area contributed by atoms with Gasteiger partial charge in [-0.1, -0.05) is 26.2 Å². The Morgan fingerprint density at radius 3 is 2.33 bits per heavy atom. The Labute approximate surface area is 148 Å². The van der Waals surface area contributed by atoms with Crippen LogP contribution in [0.1, 0.15) is 59.3 Å². The number of guanidine groups is 1. The first-order valence-corrected chi connectivity index (χ1v) is 8.29. The lowest BCUT2D eigenvalue weighted by atomic mass is 9.98. The van der Waals surface area contributed by atoms with Crippen LogP contribution in [0.5, 0.6) is 0 Å². The molecule has 0 aromatic rings. The normalized spacial score (nSPS) is 17.2. The number of hydrogen-bond acceptors (Lipinski definition) is 2. The smallest absolute Gasteiger partial charge is 0.191 e. The highest BCUT2D eigenvalue weighted by molar-refractivity contribution is 14.0. The molecule has 0 unspecified atom stereocenters. The highest BCUT2D eigenvalue weighted by Crippen LogP contribution is 2.19. The number of halogens is 1. The van der Waals surface area contributed by atoms with Gasteiger partial charge in [0.1, 0.15) is 0 Å². The van der Waals surface area contributed by atoms with Gasteiger partial charge in [-0.15, -0.1) is 24.0 Å². The fourth-order valence-corrected chi connectivity index (χ4v) is 2.71. The van der Waals surface area contributed by atoms with Crippen LogP contribution in [-0.2, 0) is 0 Å². The zero-order chi connectivity index (χ0) is 14.8. The number of aliphatic imine (C=N–C) groups is 1. The van der Waals surface area contributed by atoms with Gasteiger partial charge in [-0.05, 0) is 46.2 Å². The zero-order valence-electron chi connectivity index (χ0n) is 14.4. The van der Waals surface area contributed by atoms with E-state index in [-0.39, 0.29) is 29.5 Å². The van der Waals surface area contributed by atoms with E-state index in [9.17, 15) is 0 Å². The molecule has 0 aromatic carbocycles. The first kappa shape index (κ1) is 21.0. The molecule has 0 amide bonds. The second kappa shape index (κ2) is 11.5. The summed E-state index contributed by atoms with van der Waals surface area (Å²) in [6, 6.07) is 0. The summed E-state index contributed by atoms with van der Waals surface area (Å²) in [5, 5.41) is 6.88. The molecule has 0 aliphatic carbocycles. The molecular formula is C16H35IN4. The van der Waals surface area contributed by atoms with Gasteiger partial charge >= 0.3 is 0 Å². The largest absolute Gasteiger partial charge is 0.356 e. The molecule has 0 aromatic heterocycles. The van der Waals surface area contributed by atoms with Crippen molar-refractivity contribution in [1.29, 1.82) is 0 Å². The van der Waals surface area contributed by atoms with E-state index in [0.29, 0.717) is 0 Å².